The van der Waals surface area contributed by atoms with Gasteiger partial charge in [-0.2, -0.15) is 0 Å². The zero-order chi connectivity index (χ0) is 13.0. The summed E-state index contributed by atoms with van der Waals surface area (Å²) in [6.45, 7) is 4.00. The topological polar surface area (TPSA) is 0 Å². The Balaban J connectivity index is 0.00000106. The molecule has 1 aromatic carbocycles. The van der Waals surface area contributed by atoms with Gasteiger partial charge in [0.25, 0.3) is 0 Å². The summed E-state index contributed by atoms with van der Waals surface area (Å²) in [7, 11) is 0. The maximum atomic E-state index is 12.4. The van der Waals surface area contributed by atoms with E-state index in [0.29, 0.717) is 0 Å². The molecule has 1 rings (SSSR count). The van der Waals surface area contributed by atoms with E-state index in [1.807, 2.05) is 19.9 Å². The average Bonchev–Trinajstić information content (AvgIpc) is 2.18. The van der Waals surface area contributed by atoms with E-state index < -0.39 is 30.1 Å². The van der Waals surface area contributed by atoms with Gasteiger partial charge in [-0.05, 0) is 0 Å². The summed E-state index contributed by atoms with van der Waals surface area (Å²) in [5.74, 6) is 0. The van der Waals surface area contributed by atoms with E-state index in [0.717, 1.165) is 9.65 Å². The summed E-state index contributed by atoms with van der Waals surface area (Å²) in [6.07, 6.45) is -4.22. The van der Waals surface area contributed by atoms with E-state index in [1.54, 1.807) is 0 Å². The standard InChI is InChI=1S/C7H4F3.C2H6.3CH3.Sn/c8-7(9,10)6-4-2-1-3-5-6;1-2;;;;/h1-2,4-5H;1-2H3;3*1H3;. The minimum absolute atomic E-state index is 0.526. The van der Waals surface area contributed by atoms with Crippen LogP contribution in [0, 0.1) is 0 Å². The third-order valence-electron chi connectivity index (χ3n) is 2.06. The van der Waals surface area contributed by atoms with Crippen LogP contribution in [0.25, 0.3) is 0 Å². The van der Waals surface area contributed by atoms with Crippen LogP contribution in [-0.4, -0.2) is 18.4 Å². The molecule has 16 heavy (non-hydrogen) atoms. The van der Waals surface area contributed by atoms with Crippen LogP contribution in [0.2, 0.25) is 14.8 Å². The Morgan fingerprint density at radius 2 is 1.50 bits per heavy atom. The summed E-state index contributed by atoms with van der Waals surface area (Å²) in [6, 6.07) is 5.74. The summed E-state index contributed by atoms with van der Waals surface area (Å²) in [4.78, 5) is 6.30. The van der Waals surface area contributed by atoms with Crippen LogP contribution >= 0.6 is 0 Å². The van der Waals surface area contributed by atoms with Crippen LogP contribution < -0.4 is 3.58 Å². The molecule has 1 aromatic rings. The van der Waals surface area contributed by atoms with Crippen LogP contribution in [0.1, 0.15) is 19.4 Å². The first-order valence-corrected chi connectivity index (χ1v) is 15.4. The average molecular weight is 339 g/mol. The van der Waals surface area contributed by atoms with Crippen LogP contribution in [0.4, 0.5) is 13.2 Å². The monoisotopic (exact) mass is 340 g/mol. The van der Waals surface area contributed by atoms with Crippen molar-refractivity contribution in [3.8, 4) is 0 Å². The van der Waals surface area contributed by atoms with Crippen molar-refractivity contribution in [2.45, 2.75) is 34.8 Å². The third kappa shape index (κ3) is 4.76. The first-order chi connectivity index (χ1) is 7.21. The molecule has 0 bridgehead atoms. The molecule has 0 N–H and O–H groups in total. The van der Waals surface area contributed by atoms with Crippen molar-refractivity contribution in [3.63, 3.8) is 0 Å². The number of halogens is 3. The number of rotatable bonds is 1. The minimum atomic E-state index is -4.22. The molecule has 0 aliphatic carbocycles. The molecule has 0 atom stereocenters. The van der Waals surface area contributed by atoms with Gasteiger partial charge in [0.05, 0.1) is 0 Å². The molecule has 4 heteroatoms. The van der Waals surface area contributed by atoms with Crippen molar-refractivity contribution in [1.82, 2.24) is 0 Å². The van der Waals surface area contributed by atoms with E-state index >= 15 is 0 Å². The second-order valence-corrected chi connectivity index (χ2v) is 18.8. The van der Waals surface area contributed by atoms with E-state index in [1.165, 1.54) is 12.1 Å². The Labute approximate surface area is 99.7 Å². The molecule has 0 radical (unpaired) electrons. The number of benzene rings is 1. The van der Waals surface area contributed by atoms with E-state index in [2.05, 4.69) is 14.8 Å². The molecule has 0 aromatic heterocycles. The van der Waals surface area contributed by atoms with Crippen LogP contribution in [-0.2, 0) is 6.18 Å². The molecule has 0 saturated heterocycles. The summed E-state index contributed by atoms with van der Waals surface area (Å²) in [5, 5.41) is 0. The molecule has 0 nitrogen and oxygen atoms in total. The Morgan fingerprint density at radius 3 is 1.88 bits per heavy atom. The van der Waals surface area contributed by atoms with Gasteiger partial charge in [-0.25, -0.2) is 0 Å². The predicted octanol–water partition coefficient (Wildman–Crippen LogP) is 4.28. The van der Waals surface area contributed by atoms with Gasteiger partial charge in [0.15, 0.2) is 0 Å². The Kier molecular flexibility index (Phi) is 5.87. The molecule has 0 heterocycles. The number of hydrogen-bond acceptors (Lipinski definition) is 0. The van der Waals surface area contributed by atoms with Gasteiger partial charge in [0.2, 0.25) is 0 Å². The maximum absolute atomic E-state index is 12.4. The van der Waals surface area contributed by atoms with E-state index in [9.17, 15) is 13.2 Å². The summed E-state index contributed by atoms with van der Waals surface area (Å²) >= 11 is -2.36. The van der Waals surface area contributed by atoms with Gasteiger partial charge in [0.1, 0.15) is 0 Å². The Morgan fingerprint density at radius 1 is 1.00 bits per heavy atom. The zero-order valence-electron chi connectivity index (χ0n) is 10.4. The SMILES string of the molecule is CC.[CH3][Sn]([CH3])([CH3])[c]1cccc(C(F)(F)F)c1. The van der Waals surface area contributed by atoms with Crippen LogP contribution in [0.3, 0.4) is 0 Å². The van der Waals surface area contributed by atoms with Gasteiger partial charge in [-0.1, -0.05) is 13.8 Å². The van der Waals surface area contributed by atoms with Crippen molar-refractivity contribution in [2.75, 3.05) is 0 Å². The molecule has 0 aliphatic rings. The third-order valence-corrected chi connectivity index (χ3v) is 7.89. The van der Waals surface area contributed by atoms with E-state index in [-0.39, 0.29) is 0 Å². The molecule has 0 aliphatic heterocycles. The van der Waals surface area contributed by atoms with Gasteiger partial charge in [0, 0.05) is 0 Å². The fourth-order valence-corrected chi connectivity index (χ4v) is 4.54. The van der Waals surface area contributed by atoms with Gasteiger partial charge >= 0.3 is 86.0 Å². The second kappa shape index (κ2) is 5.94. The number of hydrogen-bond donors (Lipinski definition) is 0. The molecule has 0 fully saturated rings. The predicted molar refractivity (Wildman–Crippen MR) is 65.8 cm³/mol. The summed E-state index contributed by atoms with van der Waals surface area (Å²) in [5.41, 5.74) is -0.526. The normalized spacial score (nSPS) is 11.8. The molecule has 0 spiro atoms. The fourth-order valence-electron chi connectivity index (χ4n) is 1.16. The Bertz CT molecular complexity index is 295. The first kappa shape index (κ1) is 15.8. The van der Waals surface area contributed by atoms with Crippen molar-refractivity contribution >= 4 is 22.0 Å². The van der Waals surface area contributed by atoms with Crippen LogP contribution in [0.5, 0.6) is 0 Å². The quantitative estimate of drug-likeness (QED) is 0.670. The molecule has 0 unspecified atom stereocenters. The van der Waals surface area contributed by atoms with E-state index in [4.69, 9.17) is 0 Å². The second-order valence-electron chi connectivity index (χ2n) is 4.33. The van der Waals surface area contributed by atoms with Gasteiger partial charge < -0.3 is 0 Å². The molecular weight excluding hydrogens is 320 g/mol. The molecular formula is C12H19F3Sn. The molecule has 0 amide bonds. The first-order valence-electron chi connectivity index (χ1n) is 5.39. The van der Waals surface area contributed by atoms with Crippen LogP contribution in [0.15, 0.2) is 24.3 Å². The van der Waals surface area contributed by atoms with Gasteiger partial charge in [-0.15, -0.1) is 0 Å². The van der Waals surface area contributed by atoms with Gasteiger partial charge in [-0.3, -0.25) is 0 Å². The zero-order valence-corrected chi connectivity index (χ0v) is 13.3. The van der Waals surface area contributed by atoms with Crippen molar-refractivity contribution in [1.29, 1.82) is 0 Å². The van der Waals surface area contributed by atoms with Crippen molar-refractivity contribution in [2.24, 2.45) is 0 Å². The molecule has 92 valence electrons. The molecule has 0 saturated carbocycles. The van der Waals surface area contributed by atoms with Crippen molar-refractivity contribution in [3.05, 3.63) is 29.8 Å². The van der Waals surface area contributed by atoms with Crippen molar-refractivity contribution < 1.29 is 13.2 Å². The number of alkyl halides is 3. The summed E-state index contributed by atoms with van der Waals surface area (Å²) < 4.78 is 38.0. The fraction of sp³-hybridized carbons (Fsp3) is 0.500. The Hall–Kier alpha value is -0.191.